The Balaban J connectivity index is 6.19. The molecule has 36 heteroatoms. The number of aliphatic hydroxyl groups is 3. The summed E-state index contributed by atoms with van der Waals surface area (Å²) in [6.45, 7) is 8.00. The molecule has 488 valence electrons. The van der Waals surface area contributed by atoms with Crippen LogP contribution in [0.25, 0.3) is 0 Å². The summed E-state index contributed by atoms with van der Waals surface area (Å²) in [5.41, 5.74) is 21.7. The van der Waals surface area contributed by atoms with Crippen molar-refractivity contribution < 1.29 is 87.5 Å². The van der Waals surface area contributed by atoms with Crippen molar-refractivity contribution in [3.8, 4) is 0 Å². The maximum absolute atomic E-state index is 14.2. The standard InChI is InChI=1S/C50H89N17O18S/c1-22(2)14-29(63-45(80)31(18-68)60-37(73)17-56-36(72)16-57-39(74)25(7)58-41(76)27(51)11-12-35(52)71)43(78)61-28(10-9-13-55-50(53)54)42(77)62-30(15-23(3)4)44(79)64-32(19-69)46(81)66-34(21-86)47(82)67-38(24(5)6)48(83)59-26(8)40(75)65-33(20-70)49(84)85/h22-34,38,68-70,86H,9-21,51H2,1-8H3,(H2,52,71)(H,56,72)(H,57,74)(H,58,76)(H,59,83)(H,60,73)(H,61,78)(H,62,77)(H,63,80)(H,64,79)(H,65,75)(H,66,81)(H,67,82)(H,84,85)(H4,53,54,55)/t25-,26-,27-,28-,29-,30-,31-,32-,33-,34-,38-/m0/s1. The van der Waals surface area contributed by atoms with Gasteiger partial charge in [-0.25, -0.2) is 4.79 Å². The second-order valence-corrected chi connectivity index (χ2v) is 21.4. The predicted octanol–water partition coefficient (Wildman–Crippen LogP) is -9.51. The molecule has 13 amide bonds. The van der Waals surface area contributed by atoms with E-state index < -0.39 is 188 Å². The van der Waals surface area contributed by atoms with Crippen LogP contribution in [0.2, 0.25) is 0 Å². The first kappa shape index (κ1) is 78.0. The average molecular weight is 1250 g/mol. The highest BCUT2D eigenvalue weighted by Crippen LogP contribution is 2.11. The Hall–Kier alpha value is -7.96. The molecule has 0 aromatic carbocycles. The maximum Gasteiger partial charge on any atom is 0.328 e. The van der Waals surface area contributed by atoms with Crippen molar-refractivity contribution in [1.82, 2.24) is 63.8 Å². The van der Waals surface area contributed by atoms with Crippen LogP contribution in [-0.4, -0.2) is 221 Å². The van der Waals surface area contributed by atoms with E-state index >= 15 is 0 Å². The summed E-state index contributed by atoms with van der Waals surface area (Å²) in [5, 5.41) is 66.8. The zero-order valence-corrected chi connectivity index (χ0v) is 50.4. The van der Waals surface area contributed by atoms with Crippen molar-refractivity contribution >= 4 is 101 Å². The number of thiol groups is 1. The first-order valence-electron chi connectivity index (χ1n) is 27.5. The lowest BCUT2D eigenvalue weighted by Crippen LogP contribution is -2.61. The number of primary amides is 1. The number of carbonyl (C=O) groups excluding carboxylic acids is 13. The van der Waals surface area contributed by atoms with Gasteiger partial charge in [0, 0.05) is 18.7 Å². The lowest BCUT2D eigenvalue weighted by Gasteiger charge is -2.28. The molecule has 11 atom stereocenters. The van der Waals surface area contributed by atoms with E-state index in [1.807, 2.05) is 5.32 Å². The normalized spacial score (nSPS) is 14.9. The third-order valence-electron chi connectivity index (χ3n) is 12.2. The molecule has 0 bridgehead atoms. The monoisotopic (exact) mass is 1250 g/mol. The number of nitrogens with zero attached hydrogens (tertiary/aromatic N) is 1. The van der Waals surface area contributed by atoms with Crippen LogP contribution in [0.3, 0.4) is 0 Å². The third-order valence-corrected chi connectivity index (χ3v) is 12.5. The lowest BCUT2D eigenvalue weighted by atomic mass is 10.0. The summed E-state index contributed by atoms with van der Waals surface area (Å²) in [6.07, 6.45) is -0.473. The molecule has 0 fully saturated rings. The van der Waals surface area contributed by atoms with Crippen molar-refractivity contribution in [2.24, 2.45) is 45.7 Å². The van der Waals surface area contributed by atoms with Gasteiger partial charge in [-0.2, -0.15) is 12.6 Å². The Bertz CT molecular complexity index is 2380. The van der Waals surface area contributed by atoms with Crippen LogP contribution in [0.5, 0.6) is 0 Å². The number of rotatable bonds is 41. The first-order valence-corrected chi connectivity index (χ1v) is 28.1. The number of aliphatic carboxylic acids is 1. The molecule has 0 saturated carbocycles. The number of hydrogen-bond donors (Lipinski definition) is 21. The van der Waals surface area contributed by atoms with Crippen LogP contribution in [0, 0.1) is 17.8 Å². The molecule has 86 heavy (non-hydrogen) atoms. The predicted molar refractivity (Wildman–Crippen MR) is 309 cm³/mol. The van der Waals surface area contributed by atoms with Gasteiger partial charge in [0.2, 0.25) is 76.8 Å². The Morgan fingerprint density at radius 1 is 0.453 bits per heavy atom. The van der Waals surface area contributed by atoms with Gasteiger partial charge < -0.3 is 107 Å². The van der Waals surface area contributed by atoms with Crippen LogP contribution in [0.15, 0.2) is 4.99 Å². The molecule has 0 saturated heterocycles. The molecule has 0 aromatic rings. The van der Waals surface area contributed by atoms with E-state index in [1.165, 1.54) is 13.8 Å². The van der Waals surface area contributed by atoms with E-state index in [2.05, 4.69) is 76.1 Å². The molecular weight excluding hydrogens is 1160 g/mol. The maximum atomic E-state index is 14.2. The fourth-order valence-corrected chi connectivity index (χ4v) is 7.64. The van der Waals surface area contributed by atoms with Gasteiger partial charge in [0.1, 0.15) is 60.4 Å². The molecule has 0 aromatic heterocycles. The zero-order chi connectivity index (χ0) is 66.1. The van der Waals surface area contributed by atoms with Crippen LogP contribution >= 0.6 is 12.6 Å². The van der Waals surface area contributed by atoms with Gasteiger partial charge in [-0.1, -0.05) is 41.5 Å². The Morgan fingerprint density at radius 2 is 0.872 bits per heavy atom. The molecule has 0 unspecified atom stereocenters. The van der Waals surface area contributed by atoms with Gasteiger partial charge >= 0.3 is 5.97 Å². The zero-order valence-electron chi connectivity index (χ0n) is 49.5. The molecule has 0 spiro atoms. The van der Waals surface area contributed by atoms with Gasteiger partial charge in [-0.3, -0.25) is 67.3 Å². The molecule has 0 aliphatic heterocycles. The number of nitrogens with two attached hydrogens (primary N) is 4. The van der Waals surface area contributed by atoms with Crippen molar-refractivity contribution in [2.75, 3.05) is 45.2 Å². The van der Waals surface area contributed by atoms with Crippen LogP contribution in [-0.2, 0) is 67.1 Å². The number of nitrogens with one attached hydrogen (secondary N) is 12. The average Bonchev–Trinajstić information content (AvgIpc) is 3.24. The van der Waals surface area contributed by atoms with Crippen LogP contribution in [0.4, 0.5) is 0 Å². The van der Waals surface area contributed by atoms with E-state index in [0.717, 1.165) is 0 Å². The van der Waals surface area contributed by atoms with Gasteiger partial charge in [-0.15, -0.1) is 0 Å². The summed E-state index contributed by atoms with van der Waals surface area (Å²) >= 11 is 4.14. The second kappa shape index (κ2) is 40.4. The van der Waals surface area contributed by atoms with E-state index in [1.54, 1.807) is 41.5 Å². The molecule has 0 heterocycles. The number of carbonyl (C=O) groups is 14. The van der Waals surface area contributed by atoms with Gasteiger partial charge in [0.05, 0.1) is 39.0 Å². The fraction of sp³-hybridized carbons (Fsp3) is 0.700. The Morgan fingerprint density at radius 3 is 1.34 bits per heavy atom. The van der Waals surface area contributed by atoms with Crippen molar-refractivity contribution in [3.63, 3.8) is 0 Å². The molecule has 0 rings (SSSR count). The van der Waals surface area contributed by atoms with E-state index in [4.69, 9.17) is 28.0 Å². The lowest BCUT2D eigenvalue weighted by molar-refractivity contribution is -0.143. The van der Waals surface area contributed by atoms with E-state index in [-0.39, 0.29) is 68.6 Å². The summed E-state index contributed by atoms with van der Waals surface area (Å²) in [7, 11) is 0. The minimum atomic E-state index is -1.76. The van der Waals surface area contributed by atoms with Gasteiger partial charge in [-0.05, 0) is 63.7 Å². The van der Waals surface area contributed by atoms with Crippen LogP contribution in [0.1, 0.15) is 93.9 Å². The minimum Gasteiger partial charge on any atom is -0.480 e. The number of amides is 13. The highest BCUT2D eigenvalue weighted by Gasteiger charge is 2.36. The van der Waals surface area contributed by atoms with E-state index in [9.17, 15) is 82.4 Å². The number of hydrogen-bond acceptors (Lipinski definition) is 20. The van der Waals surface area contributed by atoms with Crippen LogP contribution < -0.4 is 86.7 Å². The largest absolute Gasteiger partial charge is 0.480 e. The molecule has 0 radical (unpaired) electrons. The first-order chi connectivity index (χ1) is 40.1. The topological polar surface area (TPSA) is 581 Å². The summed E-state index contributed by atoms with van der Waals surface area (Å²) < 4.78 is 0. The summed E-state index contributed by atoms with van der Waals surface area (Å²) in [6, 6.07) is -15.9. The highest BCUT2D eigenvalue weighted by atomic mass is 32.1. The van der Waals surface area contributed by atoms with Gasteiger partial charge in [0.25, 0.3) is 0 Å². The smallest absolute Gasteiger partial charge is 0.328 e. The number of aliphatic hydroxyl groups excluding tert-OH is 3. The number of aliphatic imine (C=N–C) groups is 1. The van der Waals surface area contributed by atoms with E-state index in [0.29, 0.717) is 0 Å². The molecule has 24 N–H and O–H groups in total. The number of carboxylic acids is 1. The molecule has 35 nitrogen and oxygen atoms in total. The van der Waals surface area contributed by atoms with Crippen molar-refractivity contribution in [2.45, 2.75) is 160 Å². The highest BCUT2D eigenvalue weighted by molar-refractivity contribution is 7.80. The van der Waals surface area contributed by atoms with Crippen molar-refractivity contribution in [3.05, 3.63) is 0 Å². The van der Waals surface area contributed by atoms with Gasteiger partial charge in [0.15, 0.2) is 5.96 Å². The SMILES string of the molecule is CC(C)C[C@H](NC(=O)[C@H](CO)NC(=O)CNC(=O)CNC(=O)[C@H](C)NC(=O)[C@@H](N)CCC(N)=O)C(=O)N[C@@H](CCCN=C(N)N)C(=O)N[C@@H](CC(C)C)C(=O)N[C@@H](CO)C(=O)N[C@@H](CS)C(=O)N[C@H](C(=O)N[C@@H](C)C(=O)N[C@@H](CO)C(=O)O)C(C)C. The quantitative estimate of drug-likeness (QED) is 0.0117. The number of carboxylic acid groups (broad SMARTS) is 1. The van der Waals surface area contributed by atoms with Crippen molar-refractivity contribution in [1.29, 1.82) is 0 Å². The Kier molecular flexibility index (Phi) is 36.6. The summed E-state index contributed by atoms with van der Waals surface area (Å²) in [5.74, 6) is -15.4. The second-order valence-electron chi connectivity index (χ2n) is 21.1. The molecule has 0 aliphatic rings. The summed E-state index contributed by atoms with van der Waals surface area (Å²) in [4.78, 5) is 184. The molecule has 0 aliphatic carbocycles. The fourth-order valence-electron chi connectivity index (χ4n) is 7.38. The number of guanidine groups is 1. The third kappa shape index (κ3) is 30.7. The Labute approximate surface area is 502 Å². The molecular formula is C50H89N17O18S. The minimum absolute atomic E-state index is 0.0300.